The minimum Gasteiger partial charge on any atom is -0.350 e. The molecule has 0 radical (unpaired) electrons. The van der Waals surface area contributed by atoms with Crippen LogP contribution in [0.3, 0.4) is 0 Å². The van der Waals surface area contributed by atoms with Gasteiger partial charge in [-0.3, -0.25) is 14.6 Å². The highest BCUT2D eigenvalue weighted by atomic mass is 16.2. The van der Waals surface area contributed by atoms with Crippen molar-refractivity contribution < 1.29 is 9.59 Å². The molecule has 0 unspecified atom stereocenters. The lowest BCUT2D eigenvalue weighted by Gasteiger charge is -2.21. The third-order valence-electron chi connectivity index (χ3n) is 3.45. The molecule has 1 aromatic carbocycles. The second-order valence-corrected chi connectivity index (χ2v) is 5.36. The van der Waals surface area contributed by atoms with Crippen molar-refractivity contribution in [1.29, 1.82) is 0 Å². The molecule has 23 heavy (non-hydrogen) atoms. The normalized spacial score (nSPS) is 10.2. The van der Waals surface area contributed by atoms with Crippen LogP contribution in [0.25, 0.3) is 0 Å². The Hall–Kier alpha value is -2.69. The van der Waals surface area contributed by atoms with E-state index in [1.54, 1.807) is 11.1 Å². The summed E-state index contributed by atoms with van der Waals surface area (Å²) in [5, 5.41) is 2.82. The first-order valence-corrected chi connectivity index (χ1v) is 7.57. The van der Waals surface area contributed by atoms with E-state index < -0.39 is 0 Å². The third kappa shape index (κ3) is 5.21. The predicted octanol–water partition coefficient (Wildman–Crippen LogP) is 2.45. The van der Waals surface area contributed by atoms with Gasteiger partial charge in [0.05, 0.1) is 12.2 Å². The number of amides is 2. The van der Waals surface area contributed by atoms with Crippen molar-refractivity contribution in [2.24, 2.45) is 0 Å². The summed E-state index contributed by atoms with van der Waals surface area (Å²) in [5.41, 5.74) is 2.70. The Balaban J connectivity index is 1.89. The van der Waals surface area contributed by atoms with Gasteiger partial charge in [-0.25, -0.2) is 0 Å². The first-order valence-electron chi connectivity index (χ1n) is 7.57. The number of hydrogen-bond acceptors (Lipinski definition) is 3. The van der Waals surface area contributed by atoms with Gasteiger partial charge in [0, 0.05) is 31.8 Å². The Morgan fingerprint density at radius 3 is 2.65 bits per heavy atom. The van der Waals surface area contributed by atoms with Gasteiger partial charge in [0.1, 0.15) is 0 Å². The van der Waals surface area contributed by atoms with E-state index in [4.69, 9.17) is 0 Å². The fourth-order valence-electron chi connectivity index (χ4n) is 2.26. The van der Waals surface area contributed by atoms with E-state index in [9.17, 15) is 9.59 Å². The van der Waals surface area contributed by atoms with Crippen molar-refractivity contribution in [3.8, 4) is 0 Å². The topological polar surface area (TPSA) is 62.3 Å². The molecule has 0 aliphatic heterocycles. The lowest BCUT2D eigenvalue weighted by Crippen LogP contribution is -2.33. The molecule has 120 valence electrons. The number of benzene rings is 1. The molecule has 0 bridgehead atoms. The molecular weight excluding hydrogens is 290 g/mol. The van der Waals surface area contributed by atoms with Gasteiger partial charge >= 0.3 is 0 Å². The monoisotopic (exact) mass is 311 g/mol. The van der Waals surface area contributed by atoms with E-state index in [1.807, 2.05) is 49.4 Å². The quantitative estimate of drug-likeness (QED) is 0.891. The summed E-state index contributed by atoms with van der Waals surface area (Å²) in [6.07, 6.45) is 1.94. The molecule has 1 aromatic heterocycles. The third-order valence-corrected chi connectivity index (χ3v) is 3.45. The van der Waals surface area contributed by atoms with Gasteiger partial charge in [-0.1, -0.05) is 18.2 Å². The highest BCUT2D eigenvalue weighted by Gasteiger charge is 2.13. The fraction of sp³-hybridized carbons (Fsp3) is 0.278. The maximum atomic E-state index is 12.0. The second kappa shape index (κ2) is 8.08. The molecule has 0 aliphatic carbocycles. The predicted molar refractivity (Wildman–Crippen MR) is 89.9 cm³/mol. The van der Waals surface area contributed by atoms with Gasteiger partial charge in [0.25, 0.3) is 0 Å². The van der Waals surface area contributed by atoms with Crippen LogP contribution in [0, 0.1) is 6.92 Å². The van der Waals surface area contributed by atoms with Gasteiger partial charge < -0.3 is 10.2 Å². The van der Waals surface area contributed by atoms with Crippen LogP contribution in [0.1, 0.15) is 24.6 Å². The number of carbonyl (C=O) groups excluding carboxylic acids is 2. The van der Waals surface area contributed by atoms with Crippen LogP contribution < -0.4 is 10.2 Å². The van der Waals surface area contributed by atoms with Gasteiger partial charge in [0.15, 0.2) is 0 Å². The molecule has 2 rings (SSSR count). The molecular formula is C18H21N3O2. The molecule has 1 N–H and O–H groups in total. The number of aromatic nitrogens is 1. The van der Waals surface area contributed by atoms with Crippen LogP contribution in [-0.4, -0.2) is 23.3 Å². The van der Waals surface area contributed by atoms with Crippen LogP contribution in [0.4, 0.5) is 5.69 Å². The van der Waals surface area contributed by atoms with Crippen molar-refractivity contribution in [1.82, 2.24) is 10.3 Å². The Morgan fingerprint density at radius 2 is 2.00 bits per heavy atom. The highest BCUT2D eigenvalue weighted by Crippen LogP contribution is 2.16. The lowest BCUT2D eigenvalue weighted by molar-refractivity contribution is -0.121. The summed E-state index contributed by atoms with van der Waals surface area (Å²) in [7, 11) is 0. The van der Waals surface area contributed by atoms with Crippen molar-refractivity contribution in [2.45, 2.75) is 26.8 Å². The van der Waals surface area contributed by atoms with Gasteiger partial charge in [-0.05, 0) is 36.8 Å². The lowest BCUT2D eigenvalue weighted by atomic mass is 10.2. The number of rotatable bonds is 6. The number of pyridine rings is 1. The van der Waals surface area contributed by atoms with Crippen LogP contribution in [-0.2, 0) is 16.1 Å². The molecule has 2 aromatic rings. The molecule has 5 nitrogen and oxygen atoms in total. The maximum Gasteiger partial charge on any atom is 0.223 e. The van der Waals surface area contributed by atoms with Crippen molar-refractivity contribution in [3.63, 3.8) is 0 Å². The number of nitrogens with zero attached hydrogens (tertiary/aromatic N) is 2. The molecule has 0 spiro atoms. The van der Waals surface area contributed by atoms with E-state index in [1.165, 1.54) is 6.92 Å². The molecule has 0 atom stereocenters. The SMILES string of the molecule is CC(=O)N(CCC(=O)NCc1ccccn1)c1cccc(C)c1. The van der Waals surface area contributed by atoms with Crippen LogP contribution in [0.2, 0.25) is 0 Å². The largest absolute Gasteiger partial charge is 0.350 e. The number of nitrogens with one attached hydrogen (secondary N) is 1. The number of anilines is 1. The summed E-state index contributed by atoms with van der Waals surface area (Å²) in [4.78, 5) is 29.6. The van der Waals surface area contributed by atoms with Gasteiger partial charge in [-0.15, -0.1) is 0 Å². The Kier molecular flexibility index (Phi) is 5.86. The minimum atomic E-state index is -0.102. The zero-order valence-electron chi connectivity index (χ0n) is 13.5. The molecule has 0 fully saturated rings. The average Bonchev–Trinajstić information content (AvgIpc) is 2.54. The average molecular weight is 311 g/mol. The van der Waals surface area contributed by atoms with E-state index >= 15 is 0 Å². The van der Waals surface area contributed by atoms with Crippen molar-refractivity contribution in [2.75, 3.05) is 11.4 Å². The summed E-state index contributed by atoms with van der Waals surface area (Å²) in [6.45, 7) is 4.23. The number of hydrogen-bond donors (Lipinski definition) is 1. The van der Waals surface area contributed by atoms with Crippen LogP contribution in [0.15, 0.2) is 48.7 Å². The second-order valence-electron chi connectivity index (χ2n) is 5.36. The summed E-state index contributed by atoms with van der Waals surface area (Å²) in [5.74, 6) is -0.178. The molecule has 1 heterocycles. The smallest absolute Gasteiger partial charge is 0.223 e. The zero-order valence-corrected chi connectivity index (χ0v) is 13.5. The minimum absolute atomic E-state index is 0.0758. The van der Waals surface area contributed by atoms with Gasteiger partial charge in [0.2, 0.25) is 11.8 Å². The molecule has 0 saturated carbocycles. The molecule has 0 aliphatic rings. The number of carbonyl (C=O) groups is 2. The van der Waals surface area contributed by atoms with E-state index in [0.717, 1.165) is 16.9 Å². The maximum absolute atomic E-state index is 12.0. The first kappa shape index (κ1) is 16.7. The van der Waals surface area contributed by atoms with E-state index in [2.05, 4.69) is 10.3 Å². The Morgan fingerprint density at radius 1 is 1.17 bits per heavy atom. The number of aryl methyl sites for hydroxylation is 1. The van der Waals surface area contributed by atoms with Crippen molar-refractivity contribution in [3.05, 3.63) is 59.9 Å². The standard InChI is InChI=1S/C18H21N3O2/c1-14-6-5-8-17(12-14)21(15(2)22)11-9-18(23)20-13-16-7-3-4-10-19-16/h3-8,10,12H,9,11,13H2,1-2H3,(H,20,23). The Bertz CT molecular complexity index is 671. The van der Waals surface area contributed by atoms with E-state index in [-0.39, 0.29) is 18.2 Å². The molecule has 2 amide bonds. The first-order chi connectivity index (χ1) is 11.1. The summed E-state index contributed by atoms with van der Waals surface area (Å²) < 4.78 is 0. The molecule has 5 heteroatoms. The fourth-order valence-corrected chi connectivity index (χ4v) is 2.26. The van der Waals surface area contributed by atoms with Crippen LogP contribution >= 0.6 is 0 Å². The summed E-state index contributed by atoms with van der Waals surface area (Å²) in [6, 6.07) is 13.3. The van der Waals surface area contributed by atoms with Crippen molar-refractivity contribution >= 4 is 17.5 Å². The highest BCUT2D eigenvalue weighted by molar-refractivity contribution is 5.92. The van der Waals surface area contributed by atoms with E-state index in [0.29, 0.717) is 13.1 Å². The summed E-state index contributed by atoms with van der Waals surface area (Å²) >= 11 is 0. The zero-order chi connectivity index (χ0) is 16.7. The van der Waals surface area contributed by atoms with Gasteiger partial charge in [-0.2, -0.15) is 0 Å². The van der Waals surface area contributed by atoms with Crippen LogP contribution in [0.5, 0.6) is 0 Å². The Labute approximate surface area is 136 Å². The molecule has 0 saturated heterocycles.